The second kappa shape index (κ2) is 10.3. The number of hydrogen-bond acceptors (Lipinski definition) is 2. The van der Waals surface area contributed by atoms with Crippen molar-refractivity contribution in [2.45, 2.75) is 39.2 Å². The molecule has 1 aromatic rings. The van der Waals surface area contributed by atoms with E-state index in [1.165, 1.54) is 45.3 Å². The van der Waals surface area contributed by atoms with Gasteiger partial charge in [0.1, 0.15) is 0 Å². The third kappa shape index (κ3) is 7.08. The number of unbranched alkanes of at least 4 members (excludes halogenated alkanes) is 1. The van der Waals surface area contributed by atoms with Crippen molar-refractivity contribution in [1.82, 2.24) is 20.1 Å². The zero-order chi connectivity index (χ0) is 16.3. The van der Waals surface area contributed by atoms with Crippen LogP contribution in [0.5, 0.6) is 0 Å². The number of nitrogens with one attached hydrogen (secondary N) is 2. The lowest BCUT2D eigenvalue weighted by atomic mass is 10.0. The Morgan fingerprint density at radius 3 is 2.65 bits per heavy atom. The Morgan fingerprint density at radius 1 is 1.13 bits per heavy atom. The molecule has 5 nitrogen and oxygen atoms in total. The van der Waals surface area contributed by atoms with Gasteiger partial charge in [0.05, 0.1) is 0 Å². The number of nitrogens with zero attached hydrogens (tertiary/aromatic N) is 3. The van der Waals surface area contributed by atoms with Gasteiger partial charge in [-0.1, -0.05) is 6.92 Å². The lowest BCUT2D eigenvalue weighted by molar-refractivity contribution is 0.181. The Balaban J connectivity index is 1.50. The van der Waals surface area contributed by atoms with Crippen molar-refractivity contribution >= 4 is 5.96 Å². The Labute approximate surface area is 141 Å². The van der Waals surface area contributed by atoms with Crippen LogP contribution in [0.3, 0.4) is 0 Å². The molecule has 0 aliphatic carbocycles. The van der Waals surface area contributed by atoms with Crippen molar-refractivity contribution in [3.63, 3.8) is 0 Å². The van der Waals surface area contributed by atoms with E-state index in [0.29, 0.717) is 0 Å². The standard InChI is InChI=1S/C18H33N5/c1-17-8-7-14-23(16-17)13-4-3-9-20-18(19-2)21-10-15-22-11-5-6-12-22/h5-6,11-12,17H,3-4,7-10,13-16H2,1-2H3,(H2,19,20,21). The van der Waals surface area contributed by atoms with Crippen molar-refractivity contribution in [3.8, 4) is 0 Å². The molecule has 2 N–H and O–H groups in total. The SMILES string of the molecule is CN=C(NCCCCN1CCCC(C)C1)NCCn1cccc1. The minimum atomic E-state index is 0.880. The van der Waals surface area contributed by atoms with Gasteiger partial charge in [-0.25, -0.2) is 0 Å². The summed E-state index contributed by atoms with van der Waals surface area (Å²) in [6, 6.07) is 4.10. The first kappa shape index (κ1) is 17.9. The van der Waals surface area contributed by atoms with Gasteiger partial charge in [-0.2, -0.15) is 0 Å². The third-order valence-electron chi connectivity index (χ3n) is 4.49. The minimum Gasteiger partial charge on any atom is -0.356 e. The molecule has 1 aromatic heterocycles. The molecule has 5 heteroatoms. The molecule has 1 saturated heterocycles. The number of aliphatic imine (C=N–C) groups is 1. The fraction of sp³-hybridized carbons (Fsp3) is 0.722. The number of likely N-dealkylation sites (tertiary alicyclic amines) is 1. The molecule has 130 valence electrons. The summed E-state index contributed by atoms with van der Waals surface area (Å²) in [5.74, 6) is 1.79. The van der Waals surface area contributed by atoms with Crippen molar-refractivity contribution < 1.29 is 0 Å². The number of guanidine groups is 1. The predicted molar refractivity (Wildman–Crippen MR) is 97.9 cm³/mol. The van der Waals surface area contributed by atoms with E-state index in [1.807, 2.05) is 7.05 Å². The van der Waals surface area contributed by atoms with Crippen LogP contribution in [0.15, 0.2) is 29.5 Å². The largest absolute Gasteiger partial charge is 0.356 e. The highest BCUT2D eigenvalue weighted by atomic mass is 15.2. The van der Waals surface area contributed by atoms with Crippen LogP contribution >= 0.6 is 0 Å². The summed E-state index contributed by atoms with van der Waals surface area (Å²) in [5, 5.41) is 6.77. The van der Waals surface area contributed by atoms with Crippen LogP contribution < -0.4 is 10.6 Å². The van der Waals surface area contributed by atoms with E-state index >= 15 is 0 Å². The van der Waals surface area contributed by atoms with E-state index in [2.05, 4.69) is 56.5 Å². The molecule has 1 aliphatic rings. The molecule has 0 radical (unpaired) electrons. The molecule has 2 heterocycles. The van der Waals surface area contributed by atoms with Crippen LogP contribution in [0.2, 0.25) is 0 Å². The Morgan fingerprint density at radius 2 is 1.91 bits per heavy atom. The van der Waals surface area contributed by atoms with E-state index in [1.54, 1.807) is 0 Å². The molecule has 0 aromatic carbocycles. The maximum atomic E-state index is 4.28. The molecule has 0 amide bonds. The van der Waals surface area contributed by atoms with Crippen molar-refractivity contribution in [2.24, 2.45) is 10.9 Å². The number of aromatic nitrogens is 1. The van der Waals surface area contributed by atoms with Gasteiger partial charge in [-0.15, -0.1) is 0 Å². The Hall–Kier alpha value is -1.49. The molecule has 23 heavy (non-hydrogen) atoms. The highest BCUT2D eigenvalue weighted by Gasteiger charge is 2.15. The maximum Gasteiger partial charge on any atom is 0.191 e. The van der Waals surface area contributed by atoms with Gasteiger partial charge in [0.15, 0.2) is 5.96 Å². The lowest BCUT2D eigenvalue weighted by Gasteiger charge is -2.30. The first-order valence-electron chi connectivity index (χ1n) is 9.05. The van der Waals surface area contributed by atoms with Crippen LogP contribution in [-0.2, 0) is 6.54 Å². The van der Waals surface area contributed by atoms with Crippen LogP contribution in [0.25, 0.3) is 0 Å². The van der Waals surface area contributed by atoms with Gasteiger partial charge in [-0.3, -0.25) is 4.99 Å². The molecule has 0 spiro atoms. The fourth-order valence-electron chi connectivity index (χ4n) is 3.20. The summed E-state index contributed by atoms with van der Waals surface area (Å²) in [5.41, 5.74) is 0. The van der Waals surface area contributed by atoms with E-state index in [4.69, 9.17) is 0 Å². The molecule has 0 bridgehead atoms. The molecule has 1 fully saturated rings. The lowest BCUT2D eigenvalue weighted by Crippen LogP contribution is -2.39. The Bertz CT molecular complexity index is 440. The predicted octanol–water partition coefficient (Wildman–Crippen LogP) is 2.17. The minimum absolute atomic E-state index is 0.880. The highest BCUT2D eigenvalue weighted by Crippen LogP contribution is 2.15. The summed E-state index contributed by atoms with van der Waals surface area (Å²) in [6.07, 6.45) is 9.41. The van der Waals surface area contributed by atoms with Gasteiger partial charge in [0, 0.05) is 45.6 Å². The van der Waals surface area contributed by atoms with Crippen molar-refractivity contribution in [3.05, 3.63) is 24.5 Å². The Kier molecular flexibility index (Phi) is 8.01. The molecular weight excluding hydrogens is 286 g/mol. The van der Waals surface area contributed by atoms with E-state index in [-0.39, 0.29) is 0 Å². The summed E-state index contributed by atoms with van der Waals surface area (Å²) in [7, 11) is 1.83. The fourth-order valence-corrected chi connectivity index (χ4v) is 3.20. The smallest absolute Gasteiger partial charge is 0.191 e. The van der Waals surface area contributed by atoms with Gasteiger partial charge >= 0.3 is 0 Å². The van der Waals surface area contributed by atoms with Crippen molar-refractivity contribution in [1.29, 1.82) is 0 Å². The molecule has 1 aliphatic heterocycles. The normalized spacial score (nSPS) is 19.7. The first-order chi connectivity index (χ1) is 11.3. The van der Waals surface area contributed by atoms with Crippen LogP contribution in [0.1, 0.15) is 32.6 Å². The molecule has 1 atom stereocenters. The van der Waals surface area contributed by atoms with E-state index in [0.717, 1.165) is 31.5 Å². The van der Waals surface area contributed by atoms with Crippen LogP contribution in [-0.4, -0.2) is 55.2 Å². The summed E-state index contributed by atoms with van der Waals surface area (Å²) < 4.78 is 2.17. The molecule has 1 unspecified atom stereocenters. The summed E-state index contributed by atoms with van der Waals surface area (Å²) >= 11 is 0. The summed E-state index contributed by atoms with van der Waals surface area (Å²) in [4.78, 5) is 6.90. The van der Waals surface area contributed by atoms with Crippen LogP contribution in [0, 0.1) is 5.92 Å². The van der Waals surface area contributed by atoms with Crippen molar-refractivity contribution in [2.75, 3.05) is 39.8 Å². The van der Waals surface area contributed by atoms with Gasteiger partial charge in [0.2, 0.25) is 0 Å². The maximum absolute atomic E-state index is 4.28. The third-order valence-corrected chi connectivity index (χ3v) is 4.49. The topological polar surface area (TPSA) is 44.6 Å². The van der Waals surface area contributed by atoms with Gasteiger partial charge in [-0.05, 0) is 56.8 Å². The summed E-state index contributed by atoms with van der Waals surface area (Å²) in [6.45, 7) is 9.03. The van der Waals surface area contributed by atoms with Gasteiger partial charge in [0.25, 0.3) is 0 Å². The van der Waals surface area contributed by atoms with Crippen LogP contribution in [0.4, 0.5) is 0 Å². The van der Waals surface area contributed by atoms with E-state index in [9.17, 15) is 0 Å². The number of piperidine rings is 1. The zero-order valence-electron chi connectivity index (χ0n) is 14.8. The van der Waals surface area contributed by atoms with Gasteiger partial charge < -0.3 is 20.1 Å². The van der Waals surface area contributed by atoms with E-state index < -0.39 is 0 Å². The number of hydrogen-bond donors (Lipinski definition) is 2. The number of rotatable bonds is 8. The second-order valence-electron chi connectivity index (χ2n) is 6.60. The molecule has 0 saturated carbocycles. The second-order valence-corrected chi connectivity index (χ2v) is 6.60. The highest BCUT2D eigenvalue weighted by molar-refractivity contribution is 5.79. The average molecular weight is 319 g/mol. The first-order valence-corrected chi connectivity index (χ1v) is 9.05. The quantitative estimate of drug-likeness (QED) is 0.438. The molecule has 2 rings (SSSR count). The zero-order valence-corrected chi connectivity index (χ0v) is 14.8. The molecular formula is C18H33N5. The monoisotopic (exact) mass is 319 g/mol. The average Bonchev–Trinajstić information content (AvgIpc) is 3.06.